The minimum atomic E-state index is -0.643. The Morgan fingerprint density at radius 3 is 2.12 bits per heavy atom. The fourth-order valence-corrected chi connectivity index (χ4v) is 4.18. The lowest BCUT2D eigenvalue weighted by molar-refractivity contribution is -0.297. The Morgan fingerprint density at radius 2 is 1.64 bits per heavy atom. The van der Waals surface area contributed by atoms with E-state index < -0.39 is 5.79 Å². The van der Waals surface area contributed by atoms with Crippen LogP contribution in [0.3, 0.4) is 0 Å². The summed E-state index contributed by atoms with van der Waals surface area (Å²) in [5, 5.41) is 0. The monoisotopic (exact) mass is 358 g/mol. The molecule has 3 unspecified atom stereocenters. The highest BCUT2D eigenvalue weighted by Gasteiger charge is 2.53. The zero-order valence-electron chi connectivity index (χ0n) is 17.6. The minimum Gasteiger partial charge on any atom is -0.375 e. The van der Waals surface area contributed by atoms with Crippen molar-refractivity contribution in [3.8, 4) is 0 Å². The van der Waals surface area contributed by atoms with Crippen LogP contribution in [0.2, 0.25) is 0 Å². The molecule has 1 saturated heterocycles. The largest absolute Gasteiger partial charge is 0.375 e. The molecule has 0 N–H and O–H groups in total. The molecule has 0 amide bonds. The van der Waals surface area contributed by atoms with Crippen molar-refractivity contribution in [1.29, 1.82) is 0 Å². The molecule has 0 aromatic heterocycles. The lowest BCUT2D eigenvalue weighted by Crippen LogP contribution is -2.56. The molecule has 0 spiro atoms. The van der Waals surface area contributed by atoms with Gasteiger partial charge in [-0.05, 0) is 26.2 Å². The van der Waals surface area contributed by atoms with Gasteiger partial charge in [-0.25, -0.2) is 0 Å². The van der Waals surface area contributed by atoms with Gasteiger partial charge >= 0.3 is 0 Å². The van der Waals surface area contributed by atoms with Crippen LogP contribution in [0.1, 0.15) is 85.5 Å². The minimum absolute atomic E-state index is 0.133. The van der Waals surface area contributed by atoms with E-state index in [0.717, 1.165) is 32.3 Å². The molecule has 150 valence electrons. The molecule has 4 heteroatoms. The van der Waals surface area contributed by atoms with Crippen LogP contribution in [0.15, 0.2) is 0 Å². The average molecular weight is 359 g/mol. The van der Waals surface area contributed by atoms with Crippen LogP contribution >= 0.6 is 0 Å². The van der Waals surface area contributed by atoms with Crippen molar-refractivity contribution >= 4 is 0 Å². The zero-order valence-corrected chi connectivity index (χ0v) is 17.6. The predicted octanol–water partition coefficient (Wildman–Crippen LogP) is 5.34. The van der Waals surface area contributed by atoms with Gasteiger partial charge in [0.05, 0.1) is 19.3 Å². The summed E-state index contributed by atoms with van der Waals surface area (Å²) in [6, 6.07) is 0. The maximum atomic E-state index is 6.45. The number of ether oxygens (including phenoxy) is 4. The number of methoxy groups -OCH3 is 2. The van der Waals surface area contributed by atoms with Crippen molar-refractivity contribution in [2.24, 2.45) is 5.41 Å². The van der Waals surface area contributed by atoms with Gasteiger partial charge in [0, 0.05) is 19.6 Å². The molecule has 0 aliphatic carbocycles. The van der Waals surface area contributed by atoms with Crippen molar-refractivity contribution in [2.75, 3.05) is 27.4 Å². The molecule has 3 atom stereocenters. The molecule has 1 aliphatic rings. The first kappa shape index (κ1) is 22.9. The van der Waals surface area contributed by atoms with Crippen LogP contribution in [-0.4, -0.2) is 45.4 Å². The Morgan fingerprint density at radius 1 is 1.00 bits per heavy atom. The SMILES string of the molecule is CCCCCCCC(OCC1CO1)C(CC)(CCC)C(C)(OC)OC. The molecule has 0 aromatic carbocycles. The first-order valence-electron chi connectivity index (χ1n) is 10.4. The number of hydrogen-bond donors (Lipinski definition) is 0. The molecular formula is C21H42O4. The summed E-state index contributed by atoms with van der Waals surface area (Å²) in [4.78, 5) is 0. The number of hydrogen-bond acceptors (Lipinski definition) is 4. The second kappa shape index (κ2) is 11.5. The molecular weight excluding hydrogens is 316 g/mol. The number of unbranched alkanes of at least 4 members (excludes halogenated alkanes) is 4. The van der Waals surface area contributed by atoms with Crippen molar-refractivity contribution < 1.29 is 18.9 Å². The first-order chi connectivity index (χ1) is 12.0. The normalized spacial score (nSPS) is 21.1. The fourth-order valence-electron chi connectivity index (χ4n) is 4.18. The van der Waals surface area contributed by atoms with Crippen LogP contribution in [0.25, 0.3) is 0 Å². The van der Waals surface area contributed by atoms with Crippen LogP contribution < -0.4 is 0 Å². The molecule has 1 aliphatic heterocycles. The summed E-state index contributed by atoms with van der Waals surface area (Å²) in [5.41, 5.74) is -0.148. The van der Waals surface area contributed by atoms with Crippen LogP contribution in [0.4, 0.5) is 0 Å². The van der Waals surface area contributed by atoms with Crippen molar-refractivity contribution in [3.63, 3.8) is 0 Å². The predicted molar refractivity (Wildman–Crippen MR) is 103 cm³/mol. The van der Waals surface area contributed by atoms with Gasteiger partial charge in [0.25, 0.3) is 0 Å². The van der Waals surface area contributed by atoms with Crippen molar-refractivity contribution in [3.05, 3.63) is 0 Å². The van der Waals surface area contributed by atoms with E-state index in [2.05, 4.69) is 27.7 Å². The maximum absolute atomic E-state index is 6.45. The van der Waals surface area contributed by atoms with E-state index in [1.807, 2.05) is 0 Å². The van der Waals surface area contributed by atoms with Gasteiger partial charge in [0.15, 0.2) is 5.79 Å². The van der Waals surface area contributed by atoms with Gasteiger partial charge in [-0.3, -0.25) is 0 Å². The smallest absolute Gasteiger partial charge is 0.172 e. The van der Waals surface area contributed by atoms with Gasteiger partial charge in [-0.2, -0.15) is 0 Å². The summed E-state index contributed by atoms with van der Waals surface area (Å²) in [5.74, 6) is -0.643. The van der Waals surface area contributed by atoms with E-state index in [9.17, 15) is 0 Å². The van der Waals surface area contributed by atoms with Crippen LogP contribution in [0.5, 0.6) is 0 Å². The Labute approximate surface area is 155 Å². The van der Waals surface area contributed by atoms with E-state index >= 15 is 0 Å². The molecule has 0 bridgehead atoms. The molecule has 1 rings (SSSR count). The van der Waals surface area contributed by atoms with Gasteiger partial charge in [0.1, 0.15) is 6.10 Å². The lowest BCUT2D eigenvalue weighted by atomic mass is 9.68. The topological polar surface area (TPSA) is 40.2 Å². The fraction of sp³-hybridized carbons (Fsp3) is 1.00. The second-order valence-corrected chi connectivity index (χ2v) is 7.59. The highest BCUT2D eigenvalue weighted by Crippen LogP contribution is 2.48. The van der Waals surface area contributed by atoms with E-state index in [4.69, 9.17) is 18.9 Å². The molecule has 0 saturated carbocycles. The Hall–Kier alpha value is -0.160. The van der Waals surface area contributed by atoms with E-state index in [-0.39, 0.29) is 17.6 Å². The summed E-state index contributed by atoms with van der Waals surface area (Å²) in [6.45, 7) is 10.3. The third-order valence-corrected chi connectivity index (χ3v) is 6.08. The third kappa shape index (κ3) is 6.20. The maximum Gasteiger partial charge on any atom is 0.172 e. The summed E-state index contributed by atoms with van der Waals surface area (Å²) in [7, 11) is 3.51. The van der Waals surface area contributed by atoms with E-state index in [1.54, 1.807) is 14.2 Å². The van der Waals surface area contributed by atoms with E-state index in [0.29, 0.717) is 6.61 Å². The van der Waals surface area contributed by atoms with Crippen molar-refractivity contribution in [2.45, 2.75) is 103 Å². The van der Waals surface area contributed by atoms with Crippen LogP contribution in [-0.2, 0) is 18.9 Å². The average Bonchev–Trinajstić information content (AvgIpc) is 3.46. The molecule has 4 nitrogen and oxygen atoms in total. The molecule has 1 fully saturated rings. The highest BCUT2D eigenvalue weighted by atomic mass is 16.7. The van der Waals surface area contributed by atoms with Gasteiger partial charge in [0.2, 0.25) is 0 Å². The summed E-state index contributed by atoms with van der Waals surface area (Å²) >= 11 is 0. The second-order valence-electron chi connectivity index (χ2n) is 7.59. The number of epoxide rings is 1. The highest BCUT2D eigenvalue weighted by molar-refractivity contribution is 4.97. The van der Waals surface area contributed by atoms with Gasteiger partial charge in [-0.1, -0.05) is 59.3 Å². The Bertz CT molecular complexity index is 339. The van der Waals surface area contributed by atoms with Crippen molar-refractivity contribution in [1.82, 2.24) is 0 Å². The van der Waals surface area contributed by atoms with Crippen LogP contribution in [0, 0.1) is 5.41 Å². The summed E-state index contributed by atoms with van der Waals surface area (Å²) in [6.07, 6.45) is 11.0. The quantitative estimate of drug-likeness (QED) is 0.212. The van der Waals surface area contributed by atoms with Gasteiger partial charge in [-0.15, -0.1) is 0 Å². The summed E-state index contributed by atoms with van der Waals surface area (Å²) < 4.78 is 23.6. The lowest BCUT2D eigenvalue weighted by Gasteiger charge is -2.50. The van der Waals surface area contributed by atoms with Gasteiger partial charge < -0.3 is 18.9 Å². The molecule has 25 heavy (non-hydrogen) atoms. The van der Waals surface area contributed by atoms with E-state index in [1.165, 1.54) is 32.1 Å². The third-order valence-electron chi connectivity index (χ3n) is 6.08. The molecule has 0 aromatic rings. The Balaban J connectivity index is 2.90. The Kier molecular flexibility index (Phi) is 10.6. The first-order valence-corrected chi connectivity index (χ1v) is 10.4. The standard InChI is InChI=1S/C21H42O4/c1-7-10-11-12-13-14-19(25-17-18-16-24-18)21(9-3,15-8-2)20(4,22-5)23-6/h18-19H,7-17H2,1-6H3. The molecule has 1 heterocycles. The number of rotatable bonds is 16. The molecule has 0 radical (unpaired) electrons. The zero-order chi connectivity index (χ0) is 18.8.